The molecule has 0 bridgehead atoms. The normalized spacial score (nSPS) is 15.8. The smallest absolute Gasteiger partial charge is 0.248 e. The van der Waals surface area contributed by atoms with Crippen LogP contribution < -0.4 is 10.1 Å². The van der Waals surface area contributed by atoms with E-state index in [4.69, 9.17) is 4.74 Å². The van der Waals surface area contributed by atoms with Crippen LogP contribution in [0.5, 0.6) is 5.75 Å². The first-order valence-electron chi connectivity index (χ1n) is 9.73. The van der Waals surface area contributed by atoms with E-state index in [1.807, 2.05) is 30.3 Å². The Morgan fingerprint density at radius 3 is 2.38 bits per heavy atom. The molecule has 1 aliphatic rings. The van der Waals surface area contributed by atoms with Crippen molar-refractivity contribution in [1.82, 2.24) is 4.31 Å². The van der Waals surface area contributed by atoms with Gasteiger partial charge in [0.25, 0.3) is 0 Å². The summed E-state index contributed by atoms with van der Waals surface area (Å²) < 4.78 is 32.9. The van der Waals surface area contributed by atoms with E-state index in [2.05, 4.69) is 5.32 Å². The quantitative estimate of drug-likeness (QED) is 0.727. The molecule has 1 amide bonds. The number of rotatable bonds is 6. The molecule has 3 rings (SSSR count). The molecule has 1 aliphatic heterocycles. The van der Waals surface area contributed by atoms with Crippen molar-refractivity contribution in [2.45, 2.75) is 30.6 Å². The number of anilines is 1. The summed E-state index contributed by atoms with van der Waals surface area (Å²) in [7, 11) is -2.14. The maximum atomic E-state index is 13.0. The van der Waals surface area contributed by atoms with Crippen molar-refractivity contribution in [3.05, 3.63) is 60.2 Å². The lowest BCUT2D eigenvalue weighted by Crippen LogP contribution is -2.32. The van der Waals surface area contributed by atoms with Crippen LogP contribution in [0.3, 0.4) is 0 Å². The van der Waals surface area contributed by atoms with Gasteiger partial charge in [0.05, 0.1) is 17.7 Å². The van der Waals surface area contributed by atoms with Gasteiger partial charge in [0, 0.05) is 19.2 Å². The Bertz CT molecular complexity index is 964. The summed E-state index contributed by atoms with van der Waals surface area (Å²) in [6.07, 6.45) is 6.92. The highest BCUT2D eigenvalue weighted by Crippen LogP contribution is 2.30. The Balaban J connectivity index is 1.81. The third-order valence-corrected chi connectivity index (χ3v) is 6.75. The zero-order valence-electron chi connectivity index (χ0n) is 16.5. The van der Waals surface area contributed by atoms with Gasteiger partial charge in [-0.15, -0.1) is 0 Å². The fourth-order valence-corrected chi connectivity index (χ4v) is 4.83. The maximum absolute atomic E-state index is 13.0. The van der Waals surface area contributed by atoms with Crippen LogP contribution in [-0.4, -0.2) is 38.8 Å². The summed E-state index contributed by atoms with van der Waals surface area (Å²) in [6.45, 7) is 1.05. The zero-order valence-corrected chi connectivity index (χ0v) is 17.3. The van der Waals surface area contributed by atoms with E-state index in [0.717, 1.165) is 31.2 Å². The number of ether oxygens (including phenoxy) is 1. The van der Waals surface area contributed by atoms with Crippen molar-refractivity contribution in [1.29, 1.82) is 0 Å². The van der Waals surface area contributed by atoms with Crippen LogP contribution in [0, 0.1) is 0 Å². The number of hydrogen-bond acceptors (Lipinski definition) is 4. The minimum Gasteiger partial charge on any atom is -0.495 e. The van der Waals surface area contributed by atoms with Crippen LogP contribution >= 0.6 is 0 Å². The second kappa shape index (κ2) is 9.71. The Kier molecular flexibility index (Phi) is 7.06. The van der Waals surface area contributed by atoms with Crippen LogP contribution in [-0.2, 0) is 14.8 Å². The van der Waals surface area contributed by atoms with E-state index in [1.165, 1.54) is 29.6 Å². The van der Waals surface area contributed by atoms with Gasteiger partial charge in [0.1, 0.15) is 5.75 Å². The lowest BCUT2D eigenvalue weighted by atomic mass is 10.2. The molecule has 0 atom stereocenters. The van der Waals surface area contributed by atoms with E-state index in [9.17, 15) is 13.2 Å². The van der Waals surface area contributed by atoms with Gasteiger partial charge in [-0.1, -0.05) is 43.2 Å². The van der Waals surface area contributed by atoms with Gasteiger partial charge >= 0.3 is 0 Å². The fraction of sp³-hybridized carbons (Fsp3) is 0.318. The van der Waals surface area contributed by atoms with Crippen molar-refractivity contribution in [3.63, 3.8) is 0 Å². The van der Waals surface area contributed by atoms with Crippen LogP contribution in [0.2, 0.25) is 0 Å². The van der Waals surface area contributed by atoms with E-state index < -0.39 is 10.0 Å². The first-order chi connectivity index (χ1) is 14.0. The molecule has 29 heavy (non-hydrogen) atoms. The van der Waals surface area contributed by atoms with Gasteiger partial charge in [0.2, 0.25) is 15.9 Å². The van der Waals surface area contributed by atoms with E-state index >= 15 is 0 Å². The summed E-state index contributed by atoms with van der Waals surface area (Å²) in [4.78, 5) is 12.5. The summed E-state index contributed by atoms with van der Waals surface area (Å²) in [5.74, 6) is 0.0396. The van der Waals surface area contributed by atoms with Crippen molar-refractivity contribution in [2.24, 2.45) is 0 Å². The number of benzene rings is 2. The first kappa shape index (κ1) is 21.1. The number of nitrogens with one attached hydrogen (secondary N) is 1. The molecule has 0 aromatic heterocycles. The monoisotopic (exact) mass is 414 g/mol. The second-order valence-electron chi connectivity index (χ2n) is 6.91. The SMILES string of the molecule is COc1ccc(S(=O)(=O)N2CCCCCC2)cc1NC(=O)/C=C/c1ccccc1. The molecule has 1 N–H and O–H groups in total. The van der Waals surface area contributed by atoms with Crippen LogP contribution in [0.15, 0.2) is 59.5 Å². The van der Waals surface area contributed by atoms with Crippen molar-refractivity contribution < 1.29 is 17.9 Å². The van der Waals surface area contributed by atoms with E-state index in [1.54, 1.807) is 12.1 Å². The first-order valence-corrected chi connectivity index (χ1v) is 11.2. The third kappa shape index (κ3) is 5.46. The number of hydrogen-bond donors (Lipinski definition) is 1. The number of methoxy groups -OCH3 is 1. The van der Waals surface area contributed by atoms with E-state index in [0.29, 0.717) is 24.5 Å². The number of carbonyl (C=O) groups excluding carboxylic acids is 1. The summed E-state index contributed by atoms with van der Waals surface area (Å²) >= 11 is 0. The molecule has 2 aromatic carbocycles. The van der Waals surface area contributed by atoms with Crippen molar-refractivity contribution in [2.75, 3.05) is 25.5 Å². The Morgan fingerprint density at radius 1 is 1.03 bits per heavy atom. The number of amides is 1. The molecule has 1 fully saturated rings. The summed E-state index contributed by atoms with van der Waals surface area (Å²) in [5.41, 5.74) is 1.22. The Labute approximate surface area is 172 Å². The minimum atomic E-state index is -3.62. The highest BCUT2D eigenvalue weighted by atomic mass is 32.2. The van der Waals surface area contributed by atoms with Gasteiger partial charge in [-0.2, -0.15) is 4.31 Å². The predicted octanol–water partition coefficient (Wildman–Crippen LogP) is 3.91. The molecular weight excluding hydrogens is 388 g/mol. The lowest BCUT2D eigenvalue weighted by Gasteiger charge is -2.20. The number of carbonyl (C=O) groups is 1. The van der Waals surface area contributed by atoms with Crippen LogP contribution in [0.4, 0.5) is 5.69 Å². The van der Waals surface area contributed by atoms with Crippen LogP contribution in [0.25, 0.3) is 6.08 Å². The minimum absolute atomic E-state index is 0.155. The molecule has 0 aliphatic carbocycles. The van der Waals surface area contributed by atoms with Gasteiger partial charge in [-0.3, -0.25) is 4.79 Å². The molecule has 0 saturated carbocycles. The number of sulfonamides is 1. The van der Waals surface area contributed by atoms with Gasteiger partial charge < -0.3 is 10.1 Å². The molecule has 6 nitrogen and oxygen atoms in total. The van der Waals surface area contributed by atoms with E-state index in [-0.39, 0.29) is 10.8 Å². The number of nitrogens with zero attached hydrogens (tertiary/aromatic N) is 1. The van der Waals surface area contributed by atoms with Gasteiger partial charge in [0.15, 0.2) is 0 Å². The second-order valence-corrected chi connectivity index (χ2v) is 8.85. The highest BCUT2D eigenvalue weighted by Gasteiger charge is 2.26. The average molecular weight is 415 g/mol. The predicted molar refractivity (Wildman–Crippen MR) is 114 cm³/mol. The highest BCUT2D eigenvalue weighted by molar-refractivity contribution is 7.89. The molecule has 2 aromatic rings. The molecule has 1 heterocycles. The summed E-state index contributed by atoms with van der Waals surface area (Å²) in [6, 6.07) is 14.0. The molecular formula is C22H26N2O4S. The maximum Gasteiger partial charge on any atom is 0.248 e. The lowest BCUT2D eigenvalue weighted by molar-refractivity contribution is -0.111. The van der Waals surface area contributed by atoms with Crippen molar-refractivity contribution >= 4 is 27.7 Å². The van der Waals surface area contributed by atoms with Crippen molar-refractivity contribution in [3.8, 4) is 5.75 Å². The van der Waals surface area contributed by atoms with Gasteiger partial charge in [-0.25, -0.2) is 8.42 Å². The molecule has 1 saturated heterocycles. The molecule has 0 radical (unpaired) electrons. The standard InChI is InChI=1S/C22H26N2O4S/c1-28-21-13-12-19(29(26,27)24-15-7-2-3-8-16-24)17-20(21)23-22(25)14-11-18-9-5-4-6-10-18/h4-6,9-14,17H,2-3,7-8,15-16H2,1H3,(H,23,25)/b14-11+. The zero-order chi connectivity index (χ0) is 20.7. The van der Waals surface area contributed by atoms with Crippen LogP contribution in [0.1, 0.15) is 31.2 Å². The molecule has 154 valence electrons. The van der Waals surface area contributed by atoms with Gasteiger partial charge in [-0.05, 0) is 42.7 Å². The Hall–Kier alpha value is -2.64. The Morgan fingerprint density at radius 2 is 1.72 bits per heavy atom. The largest absolute Gasteiger partial charge is 0.495 e. The molecule has 0 spiro atoms. The third-order valence-electron chi connectivity index (χ3n) is 4.86. The average Bonchev–Trinajstić information content (AvgIpc) is 3.03. The summed E-state index contributed by atoms with van der Waals surface area (Å²) in [5, 5.41) is 2.73. The topological polar surface area (TPSA) is 75.7 Å². The fourth-order valence-electron chi connectivity index (χ4n) is 3.29. The molecule has 0 unspecified atom stereocenters. The molecule has 7 heteroatoms.